The summed E-state index contributed by atoms with van der Waals surface area (Å²) < 4.78 is 38.0. The van der Waals surface area contributed by atoms with Crippen molar-refractivity contribution in [2.45, 2.75) is 32.4 Å². The van der Waals surface area contributed by atoms with Gasteiger partial charge in [0, 0.05) is 23.8 Å². The highest BCUT2D eigenvalue weighted by Gasteiger charge is 2.30. The molecule has 0 aliphatic heterocycles. The van der Waals surface area contributed by atoms with Gasteiger partial charge >= 0.3 is 12.1 Å². The van der Waals surface area contributed by atoms with Gasteiger partial charge in [0.2, 0.25) is 0 Å². The van der Waals surface area contributed by atoms with Crippen LogP contribution < -0.4 is 5.32 Å². The molecule has 1 aliphatic rings. The van der Waals surface area contributed by atoms with E-state index in [1.165, 1.54) is 18.3 Å². The molecule has 0 atom stereocenters. The number of amides is 1. The molecule has 0 bridgehead atoms. The lowest BCUT2D eigenvalue weighted by molar-refractivity contribution is -0.141. The summed E-state index contributed by atoms with van der Waals surface area (Å²) in [4.78, 5) is 28.8. The van der Waals surface area contributed by atoms with Gasteiger partial charge in [-0.3, -0.25) is 4.79 Å². The lowest BCUT2D eigenvalue weighted by atomic mass is 9.94. The fraction of sp³-hybridized carbons (Fsp3) is 0.263. The number of carbonyl (C=O) groups excluding carboxylic acids is 2. The molecule has 3 rings (SSSR count). The van der Waals surface area contributed by atoms with Crippen LogP contribution in [0.25, 0.3) is 0 Å². The second kappa shape index (κ2) is 8.05. The molecule has 6 nitrogen and oxygen atoms in total. The Kier molecular flexibility index (Phi) is 5.70. The van der Waals surface area contributed by atoms with E-state index in [0.717, 1.165) is 34.7 Å². The number of hydrogen-bond acceptors (Lipinski definition) is 6. The number of fused-ring (bicyclic) bond motifs is 1. The van der Waals surface area contributed by atoms with Crippen LogP contribution in [-0.4, -0.2) is 17.6 Å². The summed E-state index contributed by atoms with van der Waals surface area (Å²) in [5, 5.41) is 16.2. The van der Waals surface area contributed by atoms with Crippen LogP contribution in [0, 0.1) is 11.3 Å². The Hall–Kier alpha value is -3.19. The molecule has 10 heteroatoms. The minimum absolute atomic E-state index is 0.0466. The molecule has 29 heavy (non-hydrogen) atoms. The highest BCUT2D eigenvalue weighted by atomic mass is 32.1. The Balaban J connectivity index is 1.80. The number of anilines is 1. The second-order valence-corrected chi connectivity index (χ2v) is 7.37. The van der Waals surface area contributed by atoms with Crippen molar-refractivity contribution >= 4 is 33.9 Å². The van der Waals surface area contributed by atoms with Crippen LogP contribution in [0.1, 0.15) is 45.3 Å². The van der Waals surface area contributed by atoms with Crippen LogP contribution in [0.3, 0.4) is 0 Å². The zero-order valence-corrected chi connectivity index (χ0v) is 15.9. The maximum absolute atomic E-state index is 12.7. The van der Waals surface area contributed by atoms with Crippen molar-refractivity contribution in [1.82, 2.24) is 0 Å². The van der Waals surface area contributed by atoms with Crippen LogP contribution in [0.5, 0.6) is 0 Å². The van der Waals surface area contributed by atoms with E-state index in [9.17, 15) is 28.0 Å². The van der Waals surface area contributed by atoms with E-state index in [-0.39, 0.29) is 5.56 Å². The molecular weight excluding hydrogens is 407 g/mol. The number of halogens is 3. The van der Waals surface area contributed by atoms with Crippen LogP contribution in [0.15, 0.2) is 29.4 Å². The van der Waals surface area contributed by atoms with Crippen molar-refractivity contribution in [3.05, 3.63) is 51.4 Å². The maximum atomic E-state index is 12.7. The molecule has 1 aromatic carbocycles. The minimum atomic E-state index is -4.48. The largest absolute Gasteiger partial charge is 0.416 e. The summed E-state index contributed by atoms with van der Waals surface area (Å²) in [5.41, 5.74) is 0.973. The van der Waals surface area contributed by atoms with Crippen LogP contribution in [0.2, 0.25) is 0 Å². The smallest absolute Gasteiger partial charge is 0.319 e. The Labute approximate surface area is 167 Å². The van der Waals surface area contributed by atoms with E-state index in [1.54, 1.807) is 0 Å². The van der Waals surface area contributed by atoms with Gasteiger partial charge in [0.05, 0.1) is 16.8 Å². The lowest BCUT2D eigenvalue weighted by Crippen LogP contribution is -2.14. The van der Waals surface area contributed by atoms with Gasteiger partial charge in [-0.1, -0.05) is 5.16 Å². The Morgan fingerprint density at radius 3 is 2.52 bits per heavy atom. The van der Waals surface area contributed by atoms with Crippen molar-refractivity contribution in [3.8, 4) is 6.07 Å². The van der Waals surface area contributed by atoms with Gasteiger partial charge in [0.15, 0.2) is 0 Å². The quantitative estimate of drug-likeness (QED) is 0.591. The predicted molar refractivity (Wildman–Crippen MR) is 99.7 cm³/mol. The number of rotatable bonds is 3. The van der Waals surface area contributed by atoms with E-state index < -0.39 is 23.6 Å². The first-order chi connectivity index (χ1) is 13.7. The fourth-order valence-corrected chi connectivity index (χ4v) is 4.09. The molecule has 2 aromatic rings. The lowest BCUT2D eigenvalue weighted by Gasteiger charge is -2.12. The molecule has 0 saturated carbocycles. The van der Waals surface area contributed by atoms with Crippen LogP contribution in [0.4, 0.5) is 18.2 Å². The van der Waals surface area contributed by atoms with Gasteiger partial charge in [-0.05, 0) is 42.7 Å². The summed E-state index contributed by atoms with van der Waals surface area (Å²) in [7, 11) is 0. The molecule has 1 aromatic heterocycles. The summed E-state index contributed by atoms with van der Waals surface area (Å²) in [5.74, 6) is -1.14. The van der Waals surface area contributed by atoms with Crippen molar-refractivity contribution < 1.29 is 27.6 Å². The summed E-state index contributed by atoms with van der Waals surface area (Å²) in [6.07, 6.45) is -3.08. The topological polar surface area (TPSA) is 91.5 Å². The van der Waals surface area contributed by atoms with Crippen molar-refractivity contribution in [1.29, 1.82) is 5.26 Å². The van der Waals surface area contributed by atoms with Gasteiger partial charge in [0.1, 0.15) is 11.1 Å². The molecule has 0 unspecified atom stereocenters. The molecule has 1 N–H and O–H groups in total. The minimum Gasteiger partial charge on any atom is -0.319 e. The number of nitrogens with zero attached hydrogens (tertiary/aromatic N) is 2. The molecular formula is C19H14F3N3O3S. The molecule has 0 fully saturated rings. The molecule has 1 amide bonds. The van der Waals surface area contributed by atoms with Gasteiger partial charge in [-0.2, -0.15) is 18.4 Å². The number of thiophene rings is 1. The maximum Gasteiger partial charge on any atom is 0.416 e. The number of carbonyl (C=O) groups is 2. The summed E-state index contributed by atoms with van der Waals surface area (Å²) >= 11 is 1.20. The highest BCUT2D eigenvalue weighted by molar-refractivity contribution is 7.16. The average Bonchev–Trinajstić information content (AvgIpc) is 3.01. The number of hydrogen-bond donors (Lipinski definition) is 1. The molecule has 1 heterocycles. The Bertz CT molecular complexity index is 1030. The third-order valence-electron chi connectivity index (χ3n) is 4.24. The Morgan fingerprint density at radius 1 is 1.24 bits per heavy atom. The van der Waals surface area contributed by atoms with Gasteiger partial charge in [0.25, 0.3) is 5.91 Å². The SMILES string of the molecule is CC(=O)O/N=C1\CCc2c(sc(NC(=O)c3ccc(C(F)(F)F)cc3)c2C#N)C1. The number of nitriles is 1. The van der Waals surface area contributed by atoms with Crippen molar-refractivity contribution in [2.75, 3.05) is 5.32 Å². The summed E-state index contributed by atoms with van der Waals surface area (Å²) in [6.45, 7) is 1.24. The Morgan fingerprint density at radius 2 is 1.93 bits per heavy atom. The molecule has 150 valence electrons. The normalized spacial score (nSPS) is 14.8. The third kappa shape index (κ3) is 4.63. The number of benzene rings is 1. The van der Waals surface area contributed by atoms with Gasteiger partial charge in [-0.25, -0.2) is 4.79 Å². The van der Waals surface area contributed by atoms with Crippen LogP contribution in [-0.2, 0) is 28.7 Å². The molecule has 1 aliphatic carbocycles. The summed E-state index contributed by atoms with van der Waals surface area (Å²) in [6, 6.07) is 5.91. The first-order valence-electron chi connectivity index (χ1n) is 8.45. The zero-order chi connectivity index (χ0) is 21.2. The van der Waals surface area contributed by atoms with E-state index in [4.69, 9.17) is 0 Å². The van der Waals surface area contributed by atoms with E-state index in [2.05, 4.69) is 21.4 Å². The molecule has 0 spiro atoms. The fourth-order valence-electron chi connectivity index (χ4n) is 2.86. The van der Waals surface area contributed by atoms with Crippen molar-refractivity contribution in [2.24, 2.45) is 5.16 Å². The first-order valence-corrected chi connectivity index (χ1v) is 9.27. The third-order valence-corrected chi connectivity index (χ3v) is 5.38. The number of alkyl halides is 3. The average molecular weight is 421 g/mol. The standard InChI is InChI=1S/C19H14F3N3O3S/c1-10(26)28-25-13-6-7-14-15(9-23)18(29-16(14)8-13)24-17(27)11-2-4-12(5-3-11)19(20,21)22/h2-5H,6-8H2,1H3,(H,24,27)/b25-13+. The first kappa shape index (κ1) is 20.5. The molecule has 0 radical (unpaired) electrons. The molecule has 0 saturated heterocycles. The second-order valence-electron chi connectivity index (χ2n) is 6.27. The number of oxime groups is 1. The zero-order valence-electron chi connectivity index (χ0n) is 15.1. The number of nitrogens with one attached hydrogen (secondary N) is 1. The van der Waals surface area contributed by atoms with Gasteiger partial charge < -0.3 is 10.2 Å². The highest BCUT2D eigenvalue weighted by Crippen LogP contribution is 2.37. The van der Waals surface area contributed by atoms with Crippen molar-refractivity contribution in [3.63, 3.8) is 0 Å². The van der Waals surface area contributed by atoms with Crippen LogP contribution >= 0.6 is 11.3 Å². The van der Waals surface area contributed by atoms with E-state index in [0.29, 0.717) is 35.5 Å². The predicted octanol–water partition coefficient (Wildman–Crippen LogP) is 4.30. The van der Waals surface area contributed by atoms with E-state index in [1.807, 2.05) is 0 Å². The monoisotopic (exact) mass is 421 g/mol. The van der Waals surface area contributed by atoms with Gasteiger partial charge in [-0.15, -0.1) is 11.3 Å². The van der Waals surface area contributed by atoms with E-state index >= 15 is 0 Å².